The average molecular weight is 276 g/mol. The zero-order valence-corrected chi connectivity index (χ0v) is 9.86. The van der Waals surface area contributed by atoms with Crippen LogP contribution in [0.2, 0.25) is 5.28 Å². The number of fused-ring (bicyclic) bond motifs is 1. The largest absolute Gasteiger partial charge is 0.329 e. The molecule has 0 saturated heterocycles. The predicted octanol–water partition coefficient (Wildman–Crippen LogP) is 2.02. The van der Waals surface area contributed by atoms with Gasteiger partial charge in [0.2, 0.25) is 5.28 Å². The van der Waals surface area contributed by atoms with Crippen molar-refractivity contribution in [2.75, 3.05) is 0 Å². The van der Waals surface area contributed by atoms with E-state index in [1.54, 1.807) is 0 Å². The van der Waals surface area contributed by atoms with Crippen LogP contribution >= 0.6 is 22.3 Å². The Bertz CT molecular complexity index is 715. The maximum absolute atomic E-state index is 11.3. The number of nitrogens with one attached hydrogen (secondary N) is 1. The molecule has 1 N–H and O–H groups in total. The van der Waals surface area contributed by atoms with Crippen LogP contribution in [0.4, 0.5) is 0 Å². The van der Waals surface area contributed by atoms with Gasteiger partial charge in [0.15, 0.2) is 0 Å². The molecule has 0 aliphatic heterocycles. The fourth-order valence-corrected chi connectivity index (χ4v) is 2.50. The van der Waals surface area contributed by atoms with Crippen molar-refractivity contribution in [2.45, 2.75) is 4.90 Å². The Morgan fingerprint density at radius 3 is 2.69 bits per heavy atom. The quantitative estimate of drug-likeness (QED) is 0.807. The minimum absolute atomic E-state index is 0.0339. The van der Waals surface area contributed by atoms with Gasteiger partial charge >= 0.3 is 0 Å². The molecule has 2 rings (SSSR count). The van der Waals surface area contributed by atoms with E-state index in [-0.39, 0.29) is 21.3 Å². The van der Waals surface area contributed by atoms with E-state index in [1.165, 1.54) is 6.07 Å². The number of H-pyrrole nitrogens is 1. The maximum atomic E-state index is 11.3. The van der Waals surface area contributed by atoms with Gasteiger partial charge in [-0.2, -0.15) is 5.26 Å². The van der Waals surface area contributed by atoms with Gasteiger partial charge in [0.1, 0.15) is 10.4 Å². The van der Waals surface area contributed by atoms with Gasteiger partial charge in [0.05, 0.1) is 17.1 Å². The molecule has 0 atom stereocenters. The van der Waals surface area contributed by atoms with Gasteiger partial charge in [0.25, 0.3) is 9.05 Å². The van der Waals surface area contributed by atoms with Gasteiger partial charge in [-0.05, 0) is 23.7 Å². The second kappa shape index (κ2) is 3.63. The summed E-state index contributed by atoms with van der Waals surface area (Å²) in [5, 5.41) is 8.77. The van der Waals surface area contributed by atoms with E-state index in [0.29, 0.717) is 5.52 Å². The van der Waals surface area contributed by atoms with Crippen molar-refractivity contribution in [1.82, 2.24) is 9.97 Å². The predicted molar refractivity (Wildman–Crippen MR) is 58.9 cm³/mol. The second-order valence-electron chi connectivity index (χ2n) is 2.95. The van der Waals surface area contributed by atoms with Crippen molar-refractivity contribution in [3.05, 3.63) is 23.0 Å². The fourth-order valence-electron chi connectivity index (χ4n) is 1.31. The Kier molecular flexibility index (Phi) is 2.54. The van der Waals surface area contributed by atoms with Gasteiger partial charge in [-0.1, -0.05) is 0 Å². The van der Waals surface area contributed by atoms with E-state index < -0.39 is 9.05 Å². The fraction of sp³-hybridized carbons (Fsp3) is 0. The number of hydrogen-bond acceptors (Lipinski definition) is 4. The molecular weight excluding hydrogens is 273 g/mol. The number of aromatic amines is 1. The lowest BCUT2D eigenvalue weighted by atomic mass is 10.2. The van der Waals surface area contributed by atoms with E-state index in [4.69, 9.17) is 27.5 Å². The molecule has 8 heteroatoms. The summed E-state index contributed by atoms with van der Waals surface area (Å²) in [6, 6.07) is 4.43. The zero-order valence-electron chi connectivity index (χ0n) is 7.53. The third-order valence-corrected chi connectivity index (χ3v) is 3.43. The highest BCUT2D eigenvalue weighted by Crippen LogP contribution is 2.26. The summed E-state index contributed by atoms with van der Waals surface area (Å²) in [5.74, 6) is 0. The summed E-state index contributed by atoms with van der Waals surface area (Å²) >= 11 is 5.61. The summed E-state index contributed by atoms with van der Waals surface area (Å²) in [4.78, 5) is 6.19. The lowest BCUT2D eigenvalue weighted by Crippen LogP contribution is -1.93. The van der Waals surface area contributed by atoms with Crippen molar-refractivity contribution >= 4 is 42.4 Å². The third-order valence-electron chi connectivity index (χ3n) is 1.91. The standard InChI is InChI=1S/C8H3Cl2N3O2S/c9-8-12-5-1-4(3-11)2-6(7(5)13-8)16(10,14)15/h1-2H,(H,12,13). The number of benzene rings is 1. The molecule has 0 amide bonds. The Morgan fingerprint density at radius 2 is 2.12 bits per heavy atom. The van der Waals surface area contributed by atoms with E-state index in [1.807, 2.05) is 6.07 Å². The first-order valence-corrected chi connectivity index (χ1v) is 6.64. The molecule has 1 aromatic heterocycles. The topological polar surface area (TPSA) is 86.6 Å². The van der Waals surface area contributed by atoms with Crippen molar-refractivity contribution < 1.29 is 8.42 Å². The number of halogens is 2. The SMILES string of the molecule is N#Cc1cc(S(=O)(=O)Cl)c2nc(Cl)[nH]c2c1. The normalized spacial score (nSPS) is 11.6. The molecule has 5 nitrogen and oxygen atoms in total. The highest BCUT2D eigenvalue weighted by molar-refractivity contribution is 8.14. The Labute approximate surface area is 100 Å². The molecule has 0 saturated carbocycles. The summed E-state index contributed by atoms with van der Waals surface area (Å²) in [6.07, 6.45) is 0. The summed E-state index contributed by atoms with van der Waals surface area (Å²) in [7, 11) is 1.27. The molecule has 16 heavy (non-hydrogen) atoms. The number of rotatable bonds is 1. The first-order valence-electron chi connectivity index (χ1n) is 3.96. The van der Waals surface area contributed by atoms with Crippen LogP contribution < -0.4 is 0 Å². The highest BCUT2D eigenvalue weighted by Gasteiger charge is 2.18. The first kappa shape index (κ1) is 11.2. The number of nitrogens with zero attached hydrogens (tertiary/aromatic N) is 2. The summed E-state index contributed by atoms with van der Waals surface area (Å²) < 4.78 is 22.6. The van der Waals surface area contributed by atoms with Crippen LogP contribution in [0, 0.1) is 11.3 Å². The second-order valence-corrected chi connectivity index (χ2v) is 5.84. The van der Waals surface area contributed by atoms with Crippen LogP contribution in [0.5, 0.6) is 0 Å². The Balaban J connectivity index is 2.96. The van der Waals surface area contributed by atoms with Crippen molar-refractivity contribution in [2.24, 2.45) is 0 Å². The molecule has 1 aromatic carbocycles. The van der Waals surface area contributed by atoms with Crippen molar-refractivity contribution in [3.8, 4) is 6.07 Å². The minimum Gasteiger partial charge on any atom is -0.329 e. The van der Waals surface area contributed by atoms with Gasteiger partial charge in [-0.15, -0.1) is 0 Å². The van der Waals surface area contributed by atoms with E-state index in [9.17, 15) is 8.42 Å². The zero-order chi connectivity index (χ0) is 11.9. The molecule has 0 aliphatic carbocycles. The van der Waals surface area contributed by atoms with Gasteiger partial charge < -0.3 is 4.98 Å². The molecular formula is C8H3Cl2N3O2S. The van der Waals surface area contributed by atoms with Crippen LogP contribution in [0.15, 0.2) is 17.0 Å². The maximum Gasteiger partial charge on any atom is 0.263 e. The van der Waals surface area contributed by atoms with E-state index >= 15 is 0 Å². The number of nitriles is 1. The Hall–Kier alpha value is -1.29. The molecule has 0 radical (unpaired) electrons. The molecule has 0 fully saturated rings. The molecule has 2 aromatic rings. The molecule has 0 aliphatic rings. The molecule has 1 heterocycles. The molecule has 0 unspecified atom stereocenters. The van der Waals surface area contributed by atoms with Crippen LogP contribution in [-0.2, 0) is 9.05 Å². The number of imidazole rings is 1. The van der Waals surface area contributed by atoms with Crippen LogP contribution in [0.1, 0.15) is 5.56 Å². The molecule has 82 valence electrons. The van der Waals surface area contributed by atoms with Gasteiger partial charge in [0, 0.05) is 10.7 Å². The summed E-state index contributed by atoms with van der Waals surface area (Å²) in [6.45, 7) is 0. The first-order chi connectivity index (χ1) is 7.41. The average Bonchev–Trinajstić information content (AvgIpc) is 2.54. The van der Waals surface area contributed by atoms with Crippen molar-refractivity contribution in [1.29, 1.82) is 5.26 Å². The van der Waals surface area contributed by atoms with Crippen LogP contribution in [0.3, 0.4) is 0 Å². The van der Waals surface area contributed by atoms with Crippen LogP contribution in [-0.4, -0.2) is 18.4 Å². The smallest absolute Gasteiger partial charge is 0.263 e. The van der Waals surface area contributed by atoms with Gasteiger partial charge in [-0.3, -0.25) is 0 Å². The van der Waals surface area contributed by atoms with Gasteiger partial charge in [-0.25, -0.2) is 13.4 Å². The number of hydrogen-bond donors (Lipinski definition) is 1. The lowest BCUT2D eigenvalue weighted by molar-refractivity contribution is 0.610. The minimum atomic E-state index is -3.97. The summed E-state index contributed by atoms with van der Waals surface area (Å²) in [5.41, 5.74) is 0.634. The monoisotopic (exact) mass is 275 g/mol. The van der Waals surface area contributed by atoms with Crippen molar-refractivity contribution in [3.63, 3.8) is 0 Å². The third kappa shape index (κ3) is 1.85. The van der Waals surface area contributed by atoms with E-state index in [0.717, 1.165) is 6.07 Å². The van der Waals surface area contributed by atoms with Crippen LogP contribution in [0.25, 0.3) is 11.0 Å². The molecule has 0 bridgehead atoms. The number of aromatic nitrogens is 2. The Morgan fingerprint density at radius 1 is 1.44 bits per heavy atom. The molecule has 0 spiro atoms. The lowest BCUT2D eigenvalue weighted by Gasteiger charge is -1.98. The highest BCUT2D eigenvalue weighted by atomic mass is 35.7. The van der Waals surface area contributed by atoms with E-state index in [2.05, 4.69) is 9.97 Å².